The predicted molar refractivity (Wildman–Crippen MR) is 140 cm³/mol. The molecule has 2 aliphatic rings. The number of aliphatic hydroxyl groups is 1. The van der Waals surface area contributed by atoms with Crippen LogP contribution < -0.4 is 15.4 Å². The Labute approximate surface area is 221 Å². The fraction of sp³-hybridized carbons (Fsp3) is 0.444. The Morgan fingerprint density at radius 1 is 1.35 bits per heavy atom. The zero-order valence-electron chi connectivity index (χ0n) is 20.9. The molecule has 2 aromatic heterocycles. The number of pyridine rings is 1. The molecule has 1 amide bonds. The van der Waals surface area contributed by atoms with Crippen molar-refractivity contribution in [3.8, 4) is 5.75 Å². The number of anilines is 1. The van der Waals surface area contributed by atoms with Crippen molar-refractivity contribution < 1.29 is 19.2 Å². The van der Waals surface area contributed by atoms with E-state index >= 15 is 0 Å². The first-order valence-corrected chi connectivity index (χ1v) is 13.1. The van der Waals surface area contributed by atoms with E-state index in [2.05, 4.69) is 25.7 Å². The zero-order chi connectivity index (χ0) is 25.8. The Bertz CT molecular complexity index is 1250. The average Bonchev–Trinajstić information content (AvgIpc) is 3.29. The van der Waals surface area contributed by atoms with Crippen molar-refractivity contribution in [2.24, 2.45) is 0 Å². The minimum atomic E-state index is -0.690. The van der Waals surface area contributed by atoms with Gasteiger partial charge in [-0.1, -0.05) is 22.8 Å². The second-order valence-electron chi connectivity index (χ2n) is 9.78. The molecule has 9 nitrogen and oxygen atoms in total. The summed E-state index contributed by atoms with van der Waals surface area (Å²) in [4.78, 5) is 19.1. The van der Waals surface area contributed by atoms with Gasteiger partial charge >= 0.3 is 0 Å². The van der Waals surface area contributed by atoms with Crippen LogP contribution in [0.3, 0.4) is 0 Å². The van der Waals surface area contributed by atoms with Crippen LogP contribution in [0.25, 0.3) is 0 Å². The second-order valence-corrected chi connectivity index (χ2v) is 10.2. The molecule has 0 bridgehead atoms. The number of aryl methyl sites for hydroxylation is 1. The van der Waals surface area contributed by atoms with E-state index in [1.54, 1.807) is 24.6 Å². The van der Waals surface area contributed by atoms with Gasteiger partial charge in [-0.05, 0) is 61.9 Å². The van der Waals surface area contributed by atoms with E-state index in [0.717, 1.165) is 48.2 Å². The first kappa shape index (κ1) is 25.5. The van der Waals surface area contributed by atoms with Crippen LogP contribution >= 0.6 is 11.6 Å². The van der Waals surface area contributed by atoms with Gasteiger partial charge in [0.1, 0.15) is 24.4 Å². The van der Waals surface area contributed by atoms with Gasteiger partial charge in [0.2, 0.25) is 0 Å². The Morgan fingerprint density at radius 2 is 2.22 bits per heavy atom. The maximum Gasteiger partial charge on any atom is 0.251 e. The van der Waals surface area contributed by atoms with E-state index in [9.17, 15) is 9.90 Å². The van der Waals surface area contributed by atoms with Gasteiger partial charge in [-0.25, -0.2) is 4.98 Å². The number of hydrogen-bond donors (Lipinski definition) is 3. The van der Waals surface area contributed by atoms with Gasteiger partial charge in [0.05, 0.1) is 22.4 Å². The van der Waals surface area contributed by atoms with Gasteiger partial charge in [0.25, 0.3) is 5.91 Å². The van der Waals surface area contributed by atoms with Crippen LogP contribution in [0.5, 0.6) is 5.75 Å². The predicted octanol–water partition coefficient (Wildman–Crippen LogP) is 3.72. The molecule has 3 heterocycles. The van der Waals surface area contributed by atoms with Crippen LogP contribution in [0.2, 0.25) is 5.02 Å². The summed E-state index contributed by atoms with van der Waals surface area (Å²) >= 11 is 6.66. The highest BCUT2D eigenvalue weighted by Gasteiger charge is 2.23. The summed E-state index contributed by atoms with van der Waals surface area (Å²) in [5, 5.41) is 21.3. The highest BCUT2D eigenvalue weighted by molar-refractivity contribution is 6.33. The lowest BCUT2D eigenvalue weighted by Gasteiger charge is -2.31. The monoisotopic (exact) mass is 525 g/mol. The third kappa shape index (κ3) is 6.23. The first-order valence-electron chi connectivity index (χ1n) is 12.7. The van der Waals surface area contributed by atoms with E-state index in [-0.39, 0.29) is 12.5 Å². The smallest absolute Gasteiger partial charge is 0.251 e. The lowest BCUT2D eigenvalue weighted by molar-refractivity contribution is 0.0841. The molecule has 3 aromatic rings. The van der Waals surface area contributed by atoms with Crippen molar-refractivity contribution in [1.82, 2.24) is 20.4 Å². The molecule has 0 spiro atoms. The topological polar surface area (TPSA) is 113 Å². The number of amides is 1. The summed E-state index contributed by atoms with van der Waals surface area (Å²) in [5.41, 5.74) is 4.40. The van der Waals surface area contributed by atoms with Crippen LogP contribution in [-0.2, 0) is 19.6 Å². The summed E-state index contributed by atoms with van der Waals surface area (Å²) in [6.45, 7) is 4.27. The van der Waals surface area contributed by atoms with Gasteiger partial charge in [-0.2, -0.15) is 0 Å². The summed E-state index contributed by atoms with van der Waals surface area (Å²) in [6.07, 6.45) is 6.77. The van der Waals surface area contributed by atoms with E-state index in [1.165, 1.54) is 6.42 Å². The number of halogens is 1. The summed E-state index contributed by atoms with van der Waals surface area (Å²) < 4.78 is 10.9. The fourth-order valence-corrected chi connectivity index (χ4v) is 4.94. The van der Waals surface area contributed by atoms with Crippen molar-refractivity contribution in [2.45, 2.75) is 57.9 Å². The molecule has 0 unspecified atom stereocenters. The summed E-state index contributed by atoms with van der Waals surface area (Å²) in [5.74, 6) is 1.13. The molecule has 0 saturated heterocycles. The van der Waals surface area contributed by atoms with Gasteiger partial charge < -0.3 is 25.0 Å². The average molecular weight is 526 g/mol. The van der Waals surface area contributed by atoms with Gasteiger partial charge in [0, 0.05) is 44.0 Å². The lowest BCUT2D eigenvalue weighted by Crippen LogP contribution is -2.42. The quantitative estimate of drug-likeness (QED) is 0.367. The summed E-state index contributed by atoms with van der Waals surface area (Å²) in [6, 6.07) is 7.80. The molecule has 1 saturated carbocycles. The molecule has 0 radical (unpaired) electrons. The highest BCUT2D eigenvalue weighted by Crippen LogP contribution is 2.34. The Balaban J connectivity index is 1.10. The minimum absolute atomic E-state index is 0.172. The fourth-order valence-electron chi connectivity index (χ4n) is 4.61. The molecule has 10 heteroatoms. The maximum absolute atomic E-state index is 12.6. The number of nitrogens with zero attached hydrogens (tertiary/aromatic N) is 3. The lowest BCUT2D eigenvalue weighted by atomic mass is 9.93. The van der Waals surface area contributed by atoms with Crippen molar-refractivity contribution >= 4 is 23.3 Å². The molecule has 1 aliphatic heterocycles. The first-order chi connectivity index (χ1) is 18.0. The molecular weight excluding hydrogens is 494 g/mol. The SMILES string of the molecule is Cc1nocc1COc1ccc2c(c1Cl)CCN(C[C@@H](O)CNC(=O)c1ccnc(NC3CCC3)c1)C2. The number of benzene rings is 1. The minimum Gasteiger partial charge on any atom is -0.487 e. The number of fused-ring (bicyclic) bond motifs is 1. The third-order valence-electron chi connectivity index (χ3n) is 7.06. The highest BCUT2D eigenvalue weighted by atomic mass is 35.5. The van der Waals surface area contributed by atoms with E-state index < -0.39 is 6.10 Å². The maximum atomic E-state index is 12.6. The number of hydrogen-bond acceptors (Lipinski definition) is 8. The number of aromatic nitrogens is 2. The Kier molecular flexibility index (Phi) is 7.93. The number of nitrogens with one attached hydrogen (secondary N) is 2. The normalized spacial score (nSPS) is 16.5. The van der Waals surface area contributed by atoms with Crippen LogP contribution in [0.4, 0.5) is 5.82 Å². The number of ether oxygens (including phenoxy) is 1. The van der Waals surface area contributed by atoms with Crippen LogP contribution in [0.1, 0.15) is 52.0 Å². The van der Waals surface area contributed by atoms with E-state index in [0.29, 0.717) is 47.9 Å². The Morgan fingerprint density at radius 3 is 2.97 bits per heavy atom. The number of rotatable bonds is 10. The van der Waals surface area contributed by atoms with Gasteiger partial charge in [-0.3, -0.25) is 9.69 Å². The molecule has 37 heavy (non-hydrogen) atoms. The number of carbonyl (C=O) groups is 1. The molecule has 3 N–H and O–H groups in total. The number of aliphatic hydroxyl groups excluding tert-OH is 1. The van der Waals surface area contributed by atoms with E-state index in [4.69, 9.17) is 20.9 Å². The molecule has 196 valence electrons. The van der Waals surface area contributed by atoms with Crippen molar-refractivity contribution in [2.75, 3.05) is 25.0 Å². The molecular formula is C27H32ClN5O4. The second kappa shape index (κ2) is 11.5. The standard InChI is InChI=1S/C27H32ClN5O4/c1-17-20(16-37-32-17)15-36-24-6-5-19-13-33(10-8-23(19)26(24)28)14-22(34)12-30-27(35)18-7-9-29-25(11-18)31-21-3-2-4-21/h5-7,9,11,16,21-22,34H,2-4,8,10,12-15H2,1H3,(H,29,31)(H,30,35)/t22-/m0/s1. The van der Waals surface area contributed by atoms with Crippen molar-refractivity contribution in [3.05, 3.63) is 69.7 Å². The van der Waals surface area contributed by atoms with Gasteiger partial charge in [0.15, 0.2) is 0 Å². The molecule has 1 atom stereocenters. The van der Waals surface area contributed by atoms with Crippen molar-refractivity contribution in [1.29, 1.82) is 0 Å². The summed E-state index contributed by atoms with van der Waals surface area (Å²) in [7, 11) is 0. The van der Waals surface area contributed by atoms with Crippen molar-refractivity contribution in [3.63, 3.8) is 0 Å². The van der Waals surface area contributed by atoms with Gasteiger partial charge in [-0.15, -0.1) is 0 Å². The largest absolute Gasteiger partial charge is 0.487 e. The molecule has 1 fully saturated rings. The Hall–Kier alpha value is -3.14. The van der Waals surface area contributed by atoms with Crippen LogP contribution in [0, 0.1) is 6.92 Å². The zero-order valence-corrected chi connectivity index (χ0v) is 21.6. The number of carbonyl (C=O) groups excluding carboxylic acids is 1. The van der Waals surface area contributed by atoms with E-state index in [1.807, 2.05) is 19.1 Å². The molecule has 1 aromatic carbocycles. The van der Waals surface area contributed by atoms with Crippen LogP contribution in [-0.4, -0.2) is 57.8 Å². The third-order valence-corrected chi connectivity index (χ3v) is 7.47. The molecule has 1 aliphatic carbocycles. The number of β-amino-alcohol motifs (C(OH)–C–C–N with tert-alkyl or cyclic N) is 1. The molecule has 5 rings (SSSR count). The van der Waals surface area contributed by atoms with Crippen LogP contribution in [0.15, 0.2) is 41.2 Å².